The summed E-state index contributed by atoms with van der Waals surface area (Å²) in [6.07, 6.45) is 0. The Morgan fingerprint density at radius 1 is 1.13 bits per heavy atom. The summed E-state index contributed by atoms with van der Waals surface area (Å²) in [5.41, 5.74) is 2.24. The third-order valence-corrected chi connectivity index (χ3v) is 3.25. The molecule has 0 aliphatic carbocycles. The Labute approximate surface area is 135 Å². The van der Waals surface area contributed by atoms with E-state index in [-0.39, 0.29) is 18.3 Å². The van der Waals surface area contributed by atoms with Gasteiger partial charge in [-0.15, -0.1) is 0 Å². The number of hydrogen-bond acceptors (Lipinski definition) is 3. The highest BCUT2D eigenvalue weighted by atomic mass is 19.1. The molecular weight excluding hydrogens is 295 g/mol. The van der Waals surface area contributed by atoms with E-state index in [9.17, 15) is 9.18 Å². The summed E-state index contributed by atoms with van der Waals surface area (Å²) < 4.78 is 18.3. The van der Waals surface area contributed by atoms with Gasteiger partial charge < -0.3 is 15.0 Å². The molecule has 2 aromatic carbocycles. The molecule has 0 unspecified atom stereocenters. The van der Waals surface area contributed by atoms with Gasteiger partial charge in [-0.3, -0.25) is 4.79 Å². The van der Waals surface area contributed by atoms with Crippen LogP contribution in [0.1, 0.15) is 11.1 Å². The Kier molecular flexibility index (Phi) is 6.11. The van der Waals surface area contributed by atoms with E-state index in [1.165, 1.54) is 17.7 Å². The molecule has 0 heterocycles. The van der Waals surface area contributed by atoms with E-state index in [1.807, 2.05) is 38.4 Å². The number of benzene rings is 2. The van der Waals surface area contributed by atoms with Gasteiger partial charge in [0.25, 0.3) is 5.91 Å². The molecule has 0 aromatic heterocycles. The number of ether oxygens (including phenoxy) is 1. The third kappa shape index (κ3) is 5.71. The number of rotatable bonds is 7. The molecule has 0 atom stereocenters. The number of halogens is 1. The van der Waals surface area contributed by atoms with Crippen molar-refractivity contribution in [3.05, 3.63) is 65.5 Å². The fourth-order valence-corrected chi connectivity index (χ4v) is 2.18. The third-order valence-electron chi connectivity index (χ3n) is 3.25. The number of nitrogens with one attached hydrogen (secondary N) is 1. The summed E-state index contributed by atoms with van der Waals surface area (Å²) in [4.78, 5) is 13.9. The first-order chi connectivity index (χ1) is 11.0. The van der Waals surface area contributed by atoms with Gasteiger partial charge in [-0.1, -0.05) is 30.3 Å². The van der Waals surface area contributed by atoms with Gasteiger partial charge in [-0.2, -0.15) is 0 Å². The van der Waals surface area contributed by atoms with Crippen LogP contribution in [0.2, 0.25) is 0 Å². The Bertz CT molecular complexity index is 659. The lowest BCUT2D eigenvalue weighted by Gasteiger charge is -2.14. The molecule has 2 aromatic rings. The maximum Gasteiger partial charge on any atom is 0.258 e. The van der Waals surface area contributed by atoms with Crippen molar-refractivity contribution in [2.24, 2.45) is 0 Å². The standard InChI is InChI=1S/C18H21FN2O2/c1-21(2)12-15-7-4-3-6-14(15)11-20-18(22)13-23-17-9-5-8-16(19)10-17/h3-10H,11-13H2,1-2H3,(H,20,22). The molecule has 0 spiro atoms. The lowest BCUT2D eigenvalue weighted by Crippen LogP contribution is -2.29. The van der Waals surface area contributed by atoms with Gasteiger partial charge in [0.15, 0.2) is 6.61 Å². The molecule has 2 rings (SSSR count). The molecule has 0 aliphatic rings. The van der Waals surface area contributed by atoms with Gasteiger partial charge in [0.2, 0.25) is 0 Å². The fourth-order valence-electron chi connectivity index (χ4n) is 2.18. The maximum absolute atomic E-state index is 13.0. The molecule has 5 heteroatoms. The van der Waals surface area contributed by atoms with Crippen LogP contribution in [0.3, 0.4) is 0 Å². The first kappa shape index (κ1) is 17.0. The Morgan fingerprint density at radius 2 is 1.87 bits per heavy atom. The SMILES string of the molecule is CN(C)Cc1ccccc1CNC(=O)COc1cccc(F)c1. The molecule has 0 radical (unpaired) electrons. The van der Waals surface area contributed by atoms with Gasteiger partial charge in [-0.05, 0) is 37.4 Å². The van der Waals surface area contributed by atoms with Gasteiger partial charge in [-0.25, -0.2) is 4.39 Å². The molecule has 23 heavy (non-hydrogen) atoms. The van der Waals surface area contributed by atoms with Crippen molar-refractivity contribution in [1.82, 2.24) is 10.2 Å². The van der Waals surface area contributed by atoms with E-state index in [1.54, 1.807) is 12.1 Å². The first-order valence-corrected chi connectivity index (χ1v) is 7.41. The van der Waals surface area contributed by atoms with E-state index in [4.69, 9.17) is 4.74 Å². The molecule has 0 saturated carbocycles. The van der Waals surface area contributed by atoms with E-state index in [2.05, 4.69) is 10.2 Å². The number of hydrogen-bond donors (Lipinski definition) is 1. The first-order valence-electron chi connectivity index (χ1n) is 7.41. The lowest BCUT2D eigenvalue weighted by molar-refractivity contribution is -0.123. The van der Waals surface area contributed by atoms with Crippen LogP contribution in [-0.2, 0) is 17.9 Å². The largest absolute Gasteiger partial charge is 0.484 e. The van der Waals surface area contributed by atoms with Crippen molar-refractivity contribution in [2.45, 2.75) is 13.1 Å². The van der Waals surface area contributed by atoms with Crippen molar-refractivity contribution in [3.63, 3.8) is 0 Å². The lowest BCUT2D eigenvalue weighted by atomic mass is 10.1. The van der Waals surface area contributed by atoms with E-state index in [0.717, 1.165) is 12.1 Å². The van der Waals surface area contributed by atoms with Crippen molar-refractivity contribution in [2.75, 3.05) is 20.7 Å². The van der Waals surface area contributed by atoms with Crippen molar-refractivity contribution in [3.8, 4) is 5.75 Å². The van der Waals surface area contributed by atoms with Crippen LogP contribution < -0.4 is 10.1 Å². The molecule has 4 nitrogen and oxygen atoms in total. The number of carbonyl (C=O) groups is 1. The van der Waals surface area contributed by atoms with Crippen LogP contribution in [0.5, 0.6) is 5.75 Å². The van der Waals surface area contributed by atoms with Crippen LogP contribution in [0.15, 0.2) is 48.5 Å². The highest BCUT2D eigenvalue weighted by molar-refractivity contribution is 5.77. The second-order valence-corrected chi connectivity index (χ2v) is 5.53. The van der Waals surface area contributed by atoms with Gasteiger partial charge in [0, 0.05) is 19.2 Å². The summed E-state index contributed by atoms with van der Waals surface area (Å²) in [6.45, 7) is 1.11. The quantitative estimate of drug-likeness (QED) is 0.854. The second kappa shape index (κ2) is 8.29. The van der Waals surface area contributed by atoms with E-state index in [0.29, 0.717) is 12.3 Å². The van der Waals surface area contributed by atoms with Gasteiger partial charge in [0.1, 0.15) is 11.6 Å². The van der Waals surface area contributed by atoms with Crippen LogP contribution in [-0.4, -0.2) is 31.5 Å². The molecule has 1 N–H and O–H groups in total. The molecule has 122 valence electrons. The minimum Gasteiger partial charge on any atom is -0.484 e. The minimum absolute atomic E-state index is 0.140. The zero-order valence-electron chi connectivity index (χ0n) is 13.4. The monoisotopic (exact) mass is 316 g/mol. The highest BCUT2D eigenvalue weighted by Crippen LogP contribution is 2.12. The predicted octanol–water partition coefficient (Wildman–Crippen LogP) is 2.58. The minimum atomic E-state index is -0.388. The van der Waals surface area contributed by atoms with Gasteiger partial charge >= 0.3 is 0 Å². The van der Waals surface area contributed by atoms with Gasteiger partial charge in [0.05, 0.1) is 0 Å². The van der Waals surface area contributed by atoms with Crippen molar-refractivity contribution < 1.29 is 13.9 Å². The summed E-state index contributed by atoms with van der Waals surface area (Å²) in [5, 5.41) is 2.82. The van der Waals surface area contributed by atoms with Crippen LogP contribution in [0.25, 0.3) is 0 Å². The summed E-state index contributed by atoms with van der Waals surface area (Å²) in [6, 6.07) is 13.7. The van der Waals surface area contributed by atoms with Crippen LogP contribution in [0.4, 0.5) is 4.39 Å². The van der Waals surface area contributed by atoms with Crippen LogP contribution in [0, 0.1) is 5.82 Å². The number of carbonyl (C=O) groups excluding carboxylic acids is 1. The van der Waals surface area contributed by atoms with Crippen molar-refractivity contribution in [1.29, 1.82) is 0 Å². The predicted molar refractivity (Wildman–Crippen MR) is 87.6 cm³/mol. The Morgan fingerprint density at radius 3 is 2.57 bits per heavy atom. The second-order valence-electron chi connectivity index (χ2n) is 5.53. The number of nitrogens with zero attached hydrogens (tertiary/aromatic N) is 1. The fraction of sp³-hybridized carbons (Fsp3) is 0.278. The summed E-state index contributed by atoms with van der Waals surface area (Å²) in [7, 11) is 4.00. The average Bonchev–Trinajstić information content (AvgIpc) is 2.51. The van der Waals surface area contributed by atoms with Crippen molar-refractivity contribution >= 4 is 5.91 Å². The molecule has 1 amide bonds. The normalized spacial score (nSPS) is 10.6. The topological polar surface area (TPSA) is 41.6 Å². The molecule has 0 fully saturated rings. The zero-order valence-corrected chi connectivity index (χ0v) is 13.4. The maximum atomic E-state index is 13.0. The molecule has 0 saturated heterocycles. The van der Waals surface area contributed by atoms with E-state index >= 15 is 0 Å². The zero-order chi connectivity index (χ0) is 16.7. The summed E-state index contributed by atoms with van der Waals surface area (Å²) >= 11 is 0. The molecule has 0 aliphatic heterocycles. The highest BCUT2D eigenvalue weighted by Gasteiger charge is 2.07. The molecule has 0 bridgehead atoms. The Balaban J connectivity index is 1.85. The smallest absolute Gasteiger partial charge is 0.258 e. The number of amides is 1. The average molecular weight is 316 g/mol. The molecular formula is C18H21FN2O2. The van der Waals surface area contributed by atoms with Crippen LogP contribution >= 0.6 is 0 Å². The Hall–Kier alpha value is -2.40. The van der Waals surface area contributed by atoms with E-state index < -0.39 is 0 Å². The summed E-state index contributed by atoms with van der Waals surface area (Å²) in [5.74, 6) is -0.289.